The molecule has 1 aromatic rings. The van der Waals surface area contributed by atoms with Crippen molar-refractivity contribution in [1.82, 2.24) is 10.2 Å². The van der Waals surface area contributed by atoms with Crippen molar-refractivity contribution in [3.05, 3.63) is 35.4 Å². The van der Waals surface area contributed by atoms with Crippen molar-refractivity contribution < 1.29 is 18.3 Å². The van der Waals surface area contributed by atoms with E-state index in [1.54, 1.807) is 6.92 Å². The summed E-state index contributed by atoms with van der Waals surface area (Å²) in [5.41, 5.74) is 0.164. The fourth-order valence-corrected chi connectivity index (χ4v) is 2.54. The molecule has 1 heterocycles. The Bertz CT molecular complexity index is 489. The molecule has 0 spiro atoms. The van der Waals surface area contributed by atoms with Crippen LogP contribution in [0.5, 0.6) is 0 Å². The van der Waals surface area contributed by atoms with E-state index >= 15 is 0 Å². The summed E-state index contributed by atoms with van der Waals surface area (Å²) in [6.45, 7) is 4.79. The summed E-state index contributed by atoms with van der Waals surface area (Å²) in [6.07, 6.45) is 0.860. The molecule has 0 bridgehead atoms. The normalized spacial score (nSPS) is 18.0. The average Bonchev–Trinajstić information content (AvgIpc) is 2.71. The summed E-state index contributed by atoms with van der Waals surface area (Å²) in [7, 11) is 0. The van der Waals surface area contributed by atoms with Gasteiger partial charge in [-0.25, -0.2) is 13.6 Å². The van der Waals surface area contributed by atoms with Crippen LogP contribution in [0.1, 0.15) is 24.9 Å². The Balaban J connectivity index is 2.32. The summed E-state index contributed by atoms with van der Waals surface area (Å²) in [6, 6.07) is 2.47. The molecule has 1 unspecified atom stereocenters. The van der Waals surface area contributed by atoms with Crippen LogP contribution in [0.25, 0.3) is 0 Å². The molecule has 0 saturated carbocycles. The van der Waals surface area contributed by atoms with Crippen LogP contribution in [0, 0.1) is 11.6 Å². The highest BCUT2D eigenvalue weighted by molar-refractivity contribution is 5.77. The standard InChI is InChI=1S/C15H20F2N2O2/c1-2-21-15(20)14(19-8-3-6-18-7-9-19)12-5-4-11(16)10-13(12)17/h4-5,10,14,18H,2-3,6-9H2,1H3. The molecule has 1 N–H and O–H groups in total. The second kappa shape index (κ2) is 7.47. The highest BCUT2D eigenvalue weighted by Crippen LogP contribution is 2.26. The van der Waals surface area contributed by atoms with Gasteiger partial charge in [0.1, 0.15) is 17.7 Å². The van der Waals surface area contributed by atoms with E-state index in [0.717, 1.165) is 25.6 Å². The minimum Gasteiger partial charge on any atom is -0.465 e. The van der Waals surface area contributed by atoms with Gasteiger partial charge in [-0.05, 0) is 26.0 Å². The molecule has 1 aliphatic heterocycles. The van der Waals surface area contributed by atoms with Gasteiger partial charge in [-0.15, -0.1) is 0 Å². The number of rotatable bonds is 4. The van der Waals surface area contributed by atoms with Gasteiger partial charge >= 0.3 is 5.97 Å². The number of hydrogen-bond acceptors (Lipinski definition) is 4. The van der Waals surface area contributed by atoms with Gasteiger partial charge in [0.2, 0.25) is 0 Å². The van der Waals surface area contributed by atoms with Gasteiger partial charge in [0, 0.05) is 31.3 Å². The van der Waals surface area contributed by atoms with Gasteiger partial charge in [0.15, 0.2) is 0 Å². The molecule has 4 nitrogen and oxygen atoms in total. The first-order valence-electron chi connectivity index (χ1n) is 7.20. The molecule has 1 aromatic carbocycles. The molecule has 1 fully saturated rings. The molecule has 1 aliphatic rings. The second-order valence-electron chi connectivity index (χ2n) is 4.96. The third-order valence-corrected chi connectivity index (χ3v) is 3.51. The van der Waals surface area contributed by atoms with Crippen LogP contribution in [0.4, 0.5) is 8.78 Å². The van der Waals surface area contributed by atoms with E-state index in [-0.39, 0.29) is 12.2 Å². The number of benzene rings is 1. The van der Waals surface area contributed by atoms with E-state index in [4.69, 9.17) is 4.74 Å². The van der Waals surface area contributed by atoms with Gasteiger partial charge in [0.25, 0.3) is 0 Å². The number of halogens is 2. The lowest BCUT2D eigenvalue weighted by molar-refractivity contribution is -0.150. The van der Waals surface area contributed by atoms with Crippen LogP contribution in [0.2, 0.25) is 0 Å². The Labute approximate surface area is 123 Å². The second-order valence-corrected chi connectivity index (χ2v) is 4.96. The van der Waals surface area contributed by atoms with E-state index in [9.17, 15) is 13.6 Å². The van der Waals surface area contributed by atoms with Crippen molar-refractivity contribution in [2.45, 2.75) is 19.4 Å². The molecule has 6 heteroatoms. The quantitative estimate of drug-likeness (QED) is 0.862. The summed E-state index contributed by atoms with van der Waals surface area (Å²) < 4.78 is 32.2. The Kier molecular flexibility index (Phi) is 5.64. The number of carbonyl (C=O) groups excluding carboxylic acids is 1. The average molecular weight is 298 g/mol. The maximum Gasteiger partial charge on any atom is 0.328 e. The third-order valence-electron chi connectivity index (χ3n) is 3.51. The minimum absolute atomic E-state index is 0.164. The topological polar surface area (TPSA) is 41.6 Å². The van der Waals surface area contributed by atoms with Gasteiger partial charge < -0.3 is 10.1 Å². The zero-order valence-corrected chi connectivity index (χ0v) is 12.1. The molecule has 0 aliphatic carbocycles. The van der Waals surface area contributed by atoms with E-state index < -0.39 is 23.6 Å². The van der Waals surface area contributed by atoms with Gasteiger partial charge in [0.05, 0.1) is 6.61 Å². The monoisotopic (exact) mass is 298 g/mol. The first kappa shape index (κ1) is 15.9. The Morgan fingerprint density at radius 3 is 2.90 bits per heavy atom. The number of carbonyl (C=O) groups is 1. The molecule has 0 aromatic heterocycles. The minimum atomic E-state index is -0.828. The molecule has 0 amide bonds. The Morgan fingerprint density at radius 1 is 1.38 bits per heavy atom. The van der Waals surface area contributed by atoms with E-state index in [1.165, 1.54) is 12.1 Å². The van der Waals surface area contributed by atoms with Crippen molar-refractivity contribution in [1.29, 1.82) is 0 Å². The number of nitrogens with one attached hydrogen (secondary N) is 1. The Hall–Kier alpha value is -1.53. The molecule has 21 heavy (non-hydrogen) atoms. The number of ether oxygens (including phenoxy) is 1. The number of esters is 1. The molecule has 1 saturated heterocycles. The summed E-state index contributed by atoms with van der Waals surface area (Å²) >= 11 is 0. The largest absolute Gasteiger partial charge is 0.465 e. The molecular weight excluding hydrogens is 278 g/mol. The fourth-order valence-electron chi connectivity index (χ4n) is 2.54. The van der Waals surface area contributed by atoms with Crippen molar-refractivity contribution >= 4 is 5.97 Å². The van der Waals surface area contributed by atoms with Crippen LogP contribution >= 0.6 is 0 Å². The lowest BCUT2D eigenvalue weighted by Gasteiger charge is -2.29. The highest BCUT2D eigenvalue weighted by atomic mass is 19.1. The maximum atomic E-state index is 14.1. The smallest absolute Gasteiger partial charge is 0.328 e. The van der Waals surface area contributed by atoms with Crippen LogP contribution in [-0.2, 0) is 9.53 Å². The highest BCUT2D eigenvalue weighted by Gasteiger charge is 2.31. The summed E-state index contributed by atoms with van der Waals surface area (Å²) in [5, 5.41) is 3.23. The first-order valence-corrected chi connectivity index (χ1v) is 7.20. The van der Waals surface area contributed by atoms with Crippen LogP contribution in [-0.4, -0.2) is 43.7 Å². The molecule has 1 atom stereocenters. The first-order chi connectivity index (χ1) is 10.1. The third kappa shape index (κ3) is 3.98. The number of hydrogen-bond donors (Lipinski definition) is 1. The van der Waals surface area contributed by atoms with E-state index in [2.05, 4.69) is 5.32 Å². The van der Waals surface area contributed by atoms with Crippen molar-refractivity contribution in [3.63, 3.8) is 0 Å². The summed E-state index contributed by atoms with van der Waals surface area (Å²) in [5.74, 6) is -1.87. The van der Waals surface area contributed by atoms with E-state index in [0.29, 0.717) is 13.1 Å². The van der Waals surface area contributed by atoms with Gasteiger partial charge in [-0.1, -0.05) is 6.07 Å². The fraction of sp³-hybridized carbons (Fsp3) is 0.533. The van der Waals surface area contributed by atoms with Crippen molar-refractivity contribution in [2.24, 2.45) is 0 Å². The van der Waals surface area contributed by atoms with Crippen molar-refractivity contribution in [2.75, 3.05) is 32.8 Å². The van der Waals surface area contributed by atoms with Crippen LogP contribution in [0.15, 0.2) is 18.2 Å². The van der Waals surface area contributed by atoms with E-state index in [1.807, 2.05) is 4.90 Å². The number of nitrogens with zero attached hydrogens (tertiary/aromatic N) is 1. The molecule has 116 valence electrons. The Morgan fingerprint density at radius 2 is 2.19 bits per heavy atom. The molecule has 2 rings (SSSR count). The lowest BCUT2D eigenvalue weighted by Crippen LogP contribution is -2.38. The van der Waals surface area contributed by atoms with Crippen LogP contribution in [0.3, 0.4) is 0 Å². The van der Waals surface area contributed by atoms with Crippen molar-refractivity contribution in [3.8, 4) is 0 Å². The zero-order valence-electron chi connectivity index (χ0n) is 12.1. The zero-order chi connectivity index (χ0) is 15.2. The molecular formula is C15H20F2N2O2. The van der Waals surface area contributed by atoms with Crippen LogP contribution < -0.4 is 5.32 Å². The van der Waals surface area contributed by atoms with Gasteiger partial charge in [-0.2, -0.15) is 0 Å². The predicted molar refractivity (Wildman–Crippen MR) is 74.8 cm³/mol. The predicted octanol–water partition coefficient (Wildman–Crippen LogP) is 1.86. The molecule has 0 radical (unpaired) electrons. The summed E-state index contributed by atoms with van der Waals surface area (Å²) in [4.78, 5) is 14.1. The maximum absolute atomic E-state index is 14.1. The SMILES string of the molecule is CCOC(=O)C(c1ccc(F)cc1F)N1CCCNCC1. The lowest BCUT2D eigenvalue weighted by atomic mass is 10.0. The van der Waals surface area contributed by atoms with Gasteiger partial charge in [-0.3, -0.25) is 4.90 Å².